The number of hydrogen-bond acceptors (Lipinski definition) is 1. The summed E-state index contributed by atoms with van der Waals surface area (Å²) >= 11 is 0. The highest BCUT2D eigenvalue weighted by molar-refractivity contribution is 5.30. The monoisotopic (exact) mass is 291 g/mol. The van der Waals surface area contributed by atoms with Gasteiger partial charge in [0.25, 0.3) is 0 Å². The zero-order valence-corrected chi connectivity index (χ0v) is 11.6. The molecule has 0 amide bonds. The molecule has 0 aliphatic heterocycles. The van der Waals surface area contributed by atoms with Crippen LogP contribution in [0.2, 0.25) is 0 Å². The van der Waals surface area contributed by atoms with Gasteiger partial charge in [0.2, 0.25) is 0 Å². The first-order chi connectivity index (χ1) is 9.38. The number of unbranched alkanes of at least 4 members (excludes halogenated alkanes) is 4. The van der Waals surface area contributed by atoms with Gasteiger partial charge in [-0.05, 0) is 12.5 Å². The van der Waals surface area contributed by atoms with Crippen LogP contribution in [0.4, 0.5) is 17.6 Å². The van der Waals surface area contributed by atoms with Gasteiger partial charge in [0.05, 0.1) is 5.56 Å². The summed E-state index contributed by atoms with van der Waals surface area (Å²) in [6.45, 7) is 2.10. The molecule has 20 heavy (non-hydrogen) atoms. The highest BCUT2D eigenvalue weighted by Gasteiger charge is 2.35. The van der Waals surface area contributed by atoms with Crippen LogP contribution >= 0.6 is 0 Å². The summed E-state index contributed by atoms with van der Waals surface area (Å²) < 4.78 is 51.7. The lowest BCUT2D eigenvalue weighted by atomic mass is 9.98. The molecular weight excluding hydrogens is 270 g/mol. The lowest BCUT2D eigenvalue weighted by molar-refractivity contribution is -0.140. The Morgan fingerprint density at radius 2 is 1.75 bits per heavy atom. The van der Waals surface area contributed by atoms with E-state index in [1.54, 1.807) is 0 Å². The second kappa shape index (κ2) is 7.62. The number of hydrogen-bond donors (Lipinski definition) is 1. The Labute approximate surface area is 117 Å². The van der Waals surface area contributed by atoms with E-state index >= 15 is 0 Å². The van der Waals surface area contributed by atoms with E-state index in [0.29, 0.717) is 6.42 Å². The molecule has 0 fully saturated rings. The molecule has 0 spiro atoms. The van der Waals surface area contributed by atoms with Gasteiger partial charge in [-0.1, -0.05) is 51.2 Å². The number of benzene rings is 1. The highest BCUT2D eigenvalue weighted by atomic mass is 19.4. The topological polar surface area (TPSA) is 26.0 Å². The average Bonchev–Trinajstić information content (AvgIpc) is 2.37. The third-order valence-corrected chi connectivity index (χ3v) is 3.35. The molecule has 0 aliphatic carbocycles. The minimum absolute atomic E-state index is 0.0460. The molecule has 0 aliphatic rings. The second-order valence-electron chi connectivity index (χ2n) is 5.02. The van der Waals surface area contributed by atoms with Crippen molar-refractivity contribution in [3.05, 3.63) is 35.1 Å². The number of nitrogens with two attached hydrogens (primary N) is 1. The molecule has 0 heterocycles. The van der Waals surface area contributed by atoms with Gasteiger partial charge >= 0.3 is 6.18 Å². The maximum atomic E-state index is 13.8. The normalized spacial score (nSPS) is 13.5. The van der Waals surface area contributed by atoms with Crippen LogP contribution in [0.1, 0.15) is 62.6 Å². The minimum atomic E-state index is -4.68. The van der Waals surface area contributed by atoms with E-state index in [1.165, 1.54) is 12.1 Å². The summed E-state index contributed by atoms with van der Waals surface area (Å²) in [6, 6.07) is 2.60. The molecule has 1 aromatic rings. The maximum absolute atomic E-state index is 13.8. The molecule has 5 heteroatoms. The minimum Gasteiger partial charge on any atom is -0.324 e. The first-order valence-electron chi connectivity index (χ1n) is 6.99. The van der Waals surface area contributed by atoms with Gasteiger partial charge in [0.15, 0.2) is 0 Å². The maximum Gasteiger partial charge on any atom is 0.419 e. The van der Waals surface area contributed by atoms with E-state index in [9.17, 15) is 17.6 Å². The van der Waals surface area contributed by atoms with Crippen molar-refractivity contribution in [2.24, 2.45) is 5.73 Å². The number of alkyl halides is 3. The van der Waals surface area contributed by atoms with E-state index in [1.807, 2.05) is 0 Å². The van der Waals surface area contributed by atoms with Crippen LogP contribution in [0.3, 0.4) is 0 Å². The van der Waals surface area contributed by atoms with E-state index in [4.69, 9.17) is 5.73 Å². The largest absolute Gasteiger partial charge is 0.419 e. The Morgan fingerprint density at radius 3 is 2.35 bits per heavy atom. The third-order valence-electron chi connectivity index (χ3n) is 3.35. The zero-order valence-electron chi connectivity index (χ0n) is 11.6. The SMILES string of the molecule is CCCCCCCC(N)c1cccc(C(F)(F)F)c1F. The quantitative estimate of drug-likeness (QED) is 0.542. The van der Waals surface area contributed by atoms with Gasteiger partial charge in [0.1, 0.15) is 5.82 Å². The summed E-state index contributed by atoms with van der Waals surface area (Å²) in [5, 5.41) is 0. The Balaban J connectivity index is 2.67. The predicted octanol–water partition coefficient (Wildman–Crippen LogP) is 5.20. The van der Waals surface area contributed by atoms with Crippen LogP contribution < -0.4 is 5.73 Å². The Hall–Kier alpha value is -1.10. The lowest BCUT2D eigenvalue weighted by Gasteiger charge is -2.16. The van der Waals surface area contributed by atoms with Crippen molar-refractivity contribution in [2.75, 3.05) is 0 Å². The third kappa shape index (κ3) is 4.78. The Kier molecular flexibility index (Phi) is 6.46. The molecule has 0 bridgehead atoms. The molecule has 1 unspecified atom stereocenters. The van der Waals surface area contributed by atoms with Crippen molar-refractivity contribution in [1.82, 2.24) is 0 Å². The van der Waals surface area contributed by atoms with Crippen LogP contribution in [0.25, 0.3) is 0 Å². The Morgan fingerprint density at radius 1 is 1.10 bits per heavy atom. The molecule has 1 nitrogen and oxygen atoms in total. The van der Waals surface area contributed by atoms with Gasteiger partial charge in [-0.2, -0.15) is 13.2 Å². The summed E-state index contributed by atoms with van der Waals surface area (Å²) in [5.74, 6) is -1.24. The fraction of sp³-hybridized carbons (Fsp3) is 0.600. The molecule has 0 saturated heterocycles. The van der Waals surface area contributed by atoms with Crippen LogP contribution in [-0.2, 0) is 6.18 Å². The van der Waals surface area contributed by atoms with Crippen LogP contribution in [0, 0.1) is 5.82 Å². The van der Waals surface area contributed by atoms with Crippen molar-refractivity contribution in [2.45, 2.75) is 57.7 Å². The summed E-state index contributed by atoms with van der Waals surface area (Å²) in [6.07, 6.45) is 0.928. The predicted molar refractivity (Wildman–Crippen MR) is 71.7 cm³/mol. The van der Waals surface area contributed by atoms with E-state index < -0.39 is 23.6 Å². The van der Waals surface area contributed by atoms with E-state index in [-0.39, 0.29) is 5.56 Å². The molecule has 0 saturated carbocycles. The summed E-state index contributed by atoms with van der Waals surface area (Å²) in [5.41, 5.74) is 4.53. The van der Waals surface area contributed by atoms with Crippen molar-refractivity contribution >= 4 is 0 Å². The molecule has 0 radical (unpaired) electrons. The smallest absolute Gasteiger partial charge is 0.324 e. The fourth-order valence-electron chi connectivity index (χ4n) is 2.18. The van der Waals surface area contributed by atoms with E-state index in [0.717, 1.165) is 38.2 Å². The summed E-state index contributed by atoms with van der Waals surface area (Å²) in [4.78, 5) is 0. The second-order valence-corrected chi connectivity index (χ2v) is 5.02. The zero-order chi connectivity index (χ0) is 15.2. The highest BCUT2D eigenvalue weighted by Crippen LogP contribution is 2.34. The van der Waals surface area contributed by atoms with Crippen LogP contribution in [-0.4, -0.2) is 0 Å². The molecule has 114 valence electrons. The van der Waals surface area contributed by atoms with Gasteiger partial charge in [-0.25, -0.2) is 4.39 Å². The lowest BCUT2D eigenvalue weighted by Crippen LogP contribution is -2.16. The molecule has 1 aromatic carbocycles. The molecule has 1 atom stereocenters. The van der Waals surface area contributed by atoms with Gasteiger partial charge < -0.3 is 5.73 Å². The standard InChI is InChI=1S/C15H21F4N/c1-2-3-4-5-6-10-13(20)11-8-7-9-12(14(11)16)15(17,18)19/h7-9,13H,2-6,10,20H2,1H3. The summed E-state index contributed by atoms with van der Waals surface area (Å²) in [7, 11) is 0. The molecule has 0 aromatic heterocycles. The van der Waals surface area contributed by atoms with E-state index in [2.05, 4.69) is 6.92 Å². The molecular formula is C15H21F4N. The van der Waals surface area contributed by atoms with Gasteiger partial charge in [0, 0.05) is 11.6 Å². The Bertz CT molecular complexity index is 415. The fourth-order valence-corrected chi connectivity index (χ4v) is 2.18. The first kappa shape index (κ1) is 17.0. The average molecular weight is 291 g/mol. The van der Waals surface area contributed by atoms with Crippen molar-refractivity contribution in [1.29, 1.82) is 0 Å². The van der Waals surface area contributed by atoms with Crippen molar-refractivity contribution in [3.63, 3.8) is 0 Å². The molecule has 2 N–H and O–H groups in total. The van der Waals surface area contributed by atoms with Crippen molar-refractivity contribution in [3.8, 4) is 0 Å². The van der Waals surface area contributed by atoms with Crippen LogP contribution in [0.15, 0.2) is 18.2 Å². The number of halogens is 4. The molecule has 1 rings (SSSR count). The number of rotatable bonds is 7. The van der Waals surface area contributed by atoms with Crippen molar-refractivity contribution < 1.29 is 17.6 Å². The first-order valence-corrected chi connectivity index (χ1v) is 6.99. The van der Waals surface area contributed by atoms with Gasteiger partial charge in [-0.15, -0.1) is 0 Å². The van der Waals surface area contributed by atoms with Crippen LogP contribution in [0.5, 0.6) is 0 Å². The van der Waals surface area contributed by atoms with Gasteiger partial charge in [-0.3, -0.25) is 0 Å².